The molecule has 1 aromatic heterocycles. The number of carbonyl (C=O) groups is 2. The predicted molar refractivity (Wildman–Crippen MR) is 119 cm³/mol. The summed E-state index contributed by atoms with van der Waals surface area (Å²) in [6.45, 7) is 4.36. The minimum atomic E-state index is -0.434. The molecule has 1 N–H and O–H groups in total. The number of dihydropyridines is 1. The van der Waals surface area contributed by atoms with Crippen LogP contribution >= 0.6 is 27.3 Å². The molecular formula is C23H22BrNO4S. The number of carbonyl (C=O) groups excluding carboxylic acids is 2. The molecule has 5 rings (SSSR count). The summed E-state index contributed by atoms with van der Waals surface area (Å²) in [5, 5.41) is 6.53. The van der Waals surface area contributed by atoms with Gasteiger partial charge < -0.3 is 14.8 Å². The number of hydrogen-bond acceptors (Lipinski definition) is 6. The number of ketones is 1. The van der Waals surface area contributed by atoms with Crippen molar-refractivity contribution in [3.05, 3.63) is 56.2 Å². The van der Waals surface area contributed by atoms with E-state index in [0.29, 0.717) is 30.3 Å². The first kappa shape index (κ1) is 20.0. The lowest BCUT2D eigenvalue weighted by Gasteiger charge is -2.33. The molecule has 2 aromatic rings. The normalized spacial score (nSPS) is 22.2. The molecule has 0 amide bonds. The summed E-state index contributed by atoms with van der Waals surface area (Å²) in [5.41, 5.74) is 3.95. The molecule has 5 nitrogen and oxygen atoms in total. The minimum Gasteiger partial charge on any atom is -0.454 e. The lowest BCUT2D eigenvalue weighted by atomic mass is 9.78. The van der Waals surface area contributed by atoms with Gasteiger partial charge in [-0.2, -0.15) is 0 Å². The number of hydrogen-bond donors (Lipinski definition) is 1. The van der Waals surface area contributed by atoms with Crippen molar-refractivity contribution in [2.24, 2.45) is 5.92 Å². The minimum absolute atomic E-state index is 0.0357. The second-order valence-corrected chi connectivity index (χ2v) is 9.86. The summed E-state index contributed by atoms with van der Waals surface area (Å²) in [6, 6.07) is 6.05. The molecule has 30 heavy (non-hydrogen) atoms. The van der Waals surface area contributed by atoms with E-state index in [1.54, 1.807) is 18.3 Å². The van der Waals surface area contributed by atoms with Gasteiger partial charge in [-0.25, -0.2) is 4.79 Å². The zero-order valence-electron chi connectivity index (χ0n) is 16.8. The number of Topliss-reactive ketones (excluding diaryl/α,β-unsaturated/α-hetero) is 1. The van der Waals surface area contributed by atoms with E-state index in [1.165, 1.54) is 0 Å². The monoisotopic (exact) mass is 487 g/mol. The smallest absolute Gasteiger partial charge is 0.337 e. The lowest BCUT2D eigenvalue weighted by molar-refractivity contribution is -0.168. The highest BCUT2D eigenvalue weighted by atomic mass is 79.9. The second-order valence-electron chi connectivity index (χ2n) is 8.13. The molecule has 1 aromatic carbocycles. The highest BCUT2D eigenvalue weighted by Gasteiger charge is 2.43. The van der Waals surface area contributed by atoms with E-state index in [9.17, 15) is 9.59 Å². The predicted octanol–water partition coefficient (Wildman–Crippen LogP) is 4.82. The molecule has 1 saturated carbocycles. The van der Waals surface area contributed by atoms with Gasteiger partial charge in [0.25, 0.3) is 0 Å². The van der Waals surface area contributed by atoms with Gasteiger partial charge in [0.05, 0.1) is 18.8 Å². The highest BCUT2D eigenvalue weighted by molar-refractivity contribution is 9.10. The number of fused-ring (bicyclic) bond motifs is 1. The van der Waals surface area contributed by atoms with E-state index in [2.05, 4.69) is 32.7 Å². The molecule has 2 fully saturated rings. The van der Waals surface area contributed by atoms with Gasteiger partial charge in [-0.3, -0.25) is 4.79 Å². The van der Waals surface area contributed by atoms with Crippen LogP contribution in [0.15, 0.2) is 50.6 Å². The third-order valence-corrected chi connectivity index (χ3v) is 7.92. The fraction of sp³-hybridized carbons (Fsp3) is 0.391. The lowest BCUT2D eigenvalue weighted by Crippen LogP contribution is -2.40. The quantitative estimate of drug-likeness (QED) is 0.612. The summed E-state index contributed by atoms with van der Waals surface area (Å²) in [7, 11) is 0. The van der Waals surface area contributed by atoms with Gasteiger partial charge >= 0.3 is 5.97 Å². The van der Waals surface area contributed by atoms with E-state index in [-0.39, 0.29) is 17.9 Å². The van der Waals surface area contributed by atoms with Gasteiger partial charge in [-0.15, -0.1) is 11.3 Å². The van der Waals surface area contributed by atoms with Gasteiger partial charge in [0.2, 0.25) is 0 Å². The molecular weight excluding hydrogens is 466 g/mol. The fourth-order valence-corrected chi connectivity index (χ4v) is 5.96. The Morgan fingerprint density at radius 3 is 2.63 bits per heavy atom. The molecule has 2 aliphatic heterocycles. The summed E-state index contributed by atoms with van der Waals surface area (Å²) in [4.78, 5) is 26.2. The molecule has 0 radical (unpaired) electrons. The number of thiophene rings is 1. The molecule has 7 heteroatoms. The standard InChI is InChI=1S/C23H22BrNO4S/c1-11-18(12(2)26)19(16-10-30-22-15(16)4-3-5-17(22)24)20(21(25-11)13-6-7-13)23(27)29-14-8-28-9-14/h3-5,10,13-14,19,25H,6-9H2,1-2H3. The van der Waals surface area contributed by atoms with Gasteiger partial charge in [-0.1, -0.05) is 12.1 Å². The maximum Gasteiger partial charge on any atom is 0.337 e. The van der Waals surface area contributed by atoms with E-state index in [4.69, 9.17) is 9.47 Å². The van der Waals surface area contributed by atoms with E-state index in [1.807, 2.05) is 19.1 Å². The summed E-state index contributed by atoms with van der Waals surface area (Å²) in [6.07, 6.45) is 1.86. The molecule has 1 saturated heterocycles. The Balaban J connectivity index is 1.70. The summed E-state index contributed by atoms with van der Waals surface area (Å²) in [5.74, 6) is -0.501. The summed E-state index contributed by atoms with van der Waals surface area (Å²) >= 11 is 5.25. The molecule has 3 aliphatic rings. The van der Waals surface area contributed by atoms with Crippen molar-refractivity contribution in [1.82, 2.24) is 5.32 Å². The molecule has 156 valence electrons. The molecule has 0 bridgehead atoms. The topological polar surface area (TPSA) is 64.6 Å². The second kappa shape index (κ2) is 7.62. The van der Waals surface area contributed by atoms with Gasteiger partial charge in [0.15, 0.2) is 5.78 Å². The average Bonchev–Trinajstić information content (AvgIpc) is 3.42. The van der Waals surface area contributed by atoms with Crippen LogP contribution < -0.4 is 5.32 Å². The van der Waals surface area contributed by atoms with Crippen LogP contribution in [0.5, 0.6) is 0 Å². The first-order chi connectivity index (χ1) is 14.5. The number of rotatable bonds is 5. The molecule has 3 heterocycles. The molecule has 1 aliphatic carbocycles. The van der Waals surface area contributed by atoms with Crippen LogP contribution in [0, 0.1) is 5.92 Å². The zero-order chi connectivity index (χ0) is 21.0. The van der Waals surface area contributed by atoms with Crippen LogP contribution in [-0.2, 0) is 19.1 Å². The van der Waals surface area contributed by atoms with Gasteiger partial charge in [0, 0.05) is 32.1 Å². The first-order valence-corrected chi connectivity index (χ1v) is 11.8. The van der Waals surface area contributed by atoms with Crippen LogP contribution in [0.3, 0.4) is 0 Å². The van der Waals surface area contributed by atoms with Gasteiger partial charge in [-0.05, 0) is 70.9 Å². The zero-order valence-corrected chi connectivity index (χ0v) is 19.2. The number of ether oxygens (including phenoxy) is 2. The maximum atomic E-state index is 13.4. The SMILES string of the molecule is CC(=O)C1=C(C)NC(C2CC2)=C(C(=O)OC2COC2)C1c1csc2c(Br)cccc12. The molecule has 1 unspecified atom stereocenters. The van der Waals surface area contributed by atoms with Crippen LogP contribution in [0.25, 0.3) is 10.1 Å². The average molecular weight is 488 g/mol. The largest absolute Gasteiger partial charge is 0.454 e. The first-order valence-electron chi connectivity index (χ1n) is 10.1. The molecule has 1 atom stereocenters. The van der Waals surface area contributed by atoms with Crippen LogP contribution in [0.2, 0.25) is 0 Å². The Labute approximate surface area is 187 Å². The number of allylic oxidation sites excluding steroid dienone is 3. The number of benzene rings is 1. The number of esters is 1. The number of nitrogens with one attached hydrogen (secondary N) is 1. The van der Waals surface area contributed by atoms with Crippen LogP contribution in [-0.4, -0.2) is 31.1 Å². The van der Waals surface area contributed by atoms with E-state index in [0.717, 1.165) is 44.4 Å². The van der Waals surface area contributed by atoms with E-state index < -0.39 is 5.92 Å². The number of halogens is 1. The maximum absolute atomic E-state index is 13.4. The van der Waals surface area contributed by atoms with Crippen molar-refractivity contribution in [1.29, 1.82) is 0 Å². The van der Waals surface area contributed by atoms with Crippen molar-refractivity contribution < 1.29 is 19.1 Å². The fourth-order valence-electron chi connectivity index (χ4n) is 4.32. The van der Waals surface area contributed by atoms with Crippen molar-refractivity contribution in [2.75, 3.05) is 13.2 Å². The van der Waals surface area contributed by atoms with Crippen molar-refractivity contribution in [3.8, 4) is 0 Å². The third-order valence-electron chi connectivity index (χ3n) is 5.95. The highest BCUT2D eigenvalue weighted by Crippen LogP contribution is 2.49. The Morgan fingerprint density at radius 2 is 2.00 bits per heavy atom. The van der Waals surface area contributed by atoms with E-state index >= 15 is 0 Å². The molecule has 0 spiro atoms. The van der Waals surface area contributed by atoms with Crippen molar-refractivity contribution in [2.45, 2.75) is 38.7 Å². The van der Waals surface area contributed by atoms with Crippen molar-refractivity contribution >= 4 is 49.1 Å². The Morgan fingerprint density at radius 1 is 1.23 bits per heavy atom. The Bertz CT molecular complexity index is 1120. The summed E-state index contributed by atoms with van der Waals surface area (Å²) < 4.78 is 13.1. The Hall–Kier alpha value is -1.96. The third kappa shape index (κ3) is 3.33. The van der Waals surface area contributed by atoms with Gasteiger partial charge in [0.1, 0.15) is 6.10 Å². The van der Waals surface area contributed by atoms with Crippen molar-refractivity contribution in [3.63, 3.8) is 0 Å². The van der Waals surface area contributed by atoms with Crippen LogP contribution in [0.1, 0.15) is 38.2 Å². The Kier molecular flexibility index (Phi) is 5.08. The van der Waals surface area contributed by atoms with Crippen LogP contribution in [0.4, 0.5) is 0 Å².